The topological polar surface area (TPSA) is 88.2 Å². The molecule has 2 bridgehead atoms. The molecule has 0 aromatic heterocycles. The van der Waals surface area contributed by atoms with Gasteiger partial charge in [0.15, 0.2) is 17.4 Å². The van der Waals surface area contributed by atoms with E-state index < -0.39 is 29.2 Å². The molecule has 52 heavy (non-hydrogen) atoms. The van der Waals surface area contributed by atoms with Crippen LogP contribution >= 0.6 is 11.6 Å². The Morgan fingerprint density at radius 1 is 0.942 bits per heavy atom. The van der Waals surface area contributed by atoms with Crippen LogP contribution in [-0.4, -0.2) is 72.0 Å². The van der Waals surface area contributed by atoms with Gasteiger partial charge in [-0.3, -0.25) is 14.4 Å². The summed E-state index contributed by atoms with van der Waals surface area (Å²) >= 11 is 6.56. The number of ether oxygens (including phenoxy) is 2. The number of nitrogens with one attached hydrogen (secondary N) is 1. The molecule has 6 rings (SSSR count). The second-order valence-corrected chi connectivity index (χ2v) is 13.9. The minimum absolute atomic E-state index is 0.00864. The van der Waals surface area contributed by atoms with Crippen LogP contribution in [0.15, 0.2) is 66.2 Å². The summed E-state index contributed by atoms with van der Waals surface area (Å²) < 4.78 is 51.8. The summed E-state index contributed by atoms with van der Waals surface area (Å²) in [5, 5.41) is 4.03. The fourth-order valence-electron chi connectivity index (χ4n) is 7.15. The smallest absolute Gasteiger partial charge is 0.305 e. The van der Waals surface area contributed by atoms with E-state index in [2.05, 4.69) is 5.32 Å². The normalized spacial score (nSPS) is 18.3. The van der Waals surface area contributed by atoms with Crippen molar-refractivity contribution in [2.45, 2.75) is 83.0 Å². The molecular formula is C40H43ClF3N3O5. The van der Waals surface area contributed by atoms with E-state index in [0.717, 1.165) is 47.2 Å². The zero-order valence-electron chi connectivity index (χ0n) is 29.1. The molecule has 12 heteroatoms. The van der Waals surface area contributed by atoms with Crippen molar-refractivity contribution in [3.05, 3.63) is 105 Å². The number of amides is 2. The summed E-state index contributed by atoms with van der Waals surface area (Å²) in [7, 11) is 0. The zero-order valence-corrected chi connectivity index (χ0v) is 29.9. The number of fused-ring (bicyclic) bond motifs is 2. The van der Waals surface area contributed by atoms with Crippen LogP contribution in [-0.2, 0) is 32.1 Å². The van der Waals surface area contributed by atoms with Gasteiger partial charge in [0.1, 0.15) is 0 Å². The number of carbonyl (C=O) groups excluding carboxylic acids is 3. The average Bonchev–Trinajstić information content (AvgIpc) is 3.98. The molecule has 2 fully saturated rings. The Morgan fingerprint density at radius 3 is 2.42 bits per heavy atom. The lowest BCUT2D eigenvalue weighted by Crippen LogP contribution is -2.63. The van der Waals surface area contributed by atoms with Gasteiger partial charge in [-0.25, -0.2) is 8.78 Å². The van der Waals surface area contributed by atoms with Crippen LogP contribution in [0.3, 0.4) is 0 Å². The Morgan fingerprint density at radius 2 is 1.69 bits per heavy atom. The molecule has 276 valence electrons. The number of aryl methyl sites for hydroxylation is 1. The lowest BCUT2D eigenvalue weighted by Gasteiger charge is -2.48. The highest BCUT2D eigenvalue weighted by Gasteiger charge is 2.46. The van der Waals surface area contributed by atoms with Gasteiger partial charge in [-0.2, -0.15) is 4.39 Å². The first-order valence-electron chi connectivity index (χ1n) is 18.0. The molecule has 1 N–H and O–H groups in total. The third-order valence-corrected chi connectivity index (χ3v) is 10.2. The first-order valence-corrected chi connectivity index (χ1v) is 18.3. The molecule has 2 atom stereocenters. The number of rotatable bonds is 15. The van der Waals surface area contributed by atoms with Crippen molar-refractivity contribution in [2.24, 2.45) is 0 Å². The van der Waals surface area contributed by atoms with Crippen molar-refractivity contribution in [2.75, 3.05) is 26.3 Å². The van der Waals surface area contributed by atoms with Gasteiger partial charge in [0.05, 0.1) is 19.3 Å². The molecule has 2 heterocycles. The largest absolute Gasteiger partial charge is 0.488 e. The van der Waals surface area contributed by atoms with Gasteiger partial charge in [-0.05, 0) is 85.9 Å². The van der Waals surface area contributed by atoms with Gasteiger partial charge in [0, 0.05) is 55.2 Å². The van der Waals surface area contributed by atoms with E-state index in [1.54, 1.807) is 6.92 Å². The number of hydrogen-bond acceptors (Lipinski definition) is 6. The highest BCUT2D eigenvalue weighted by molar-refractivity contribution is 6.31. The molecule has 2 aliphatic heterocycles. The summed E-state index contributed by atoms with van der Waals surface area (Å²) in [6, 6.07) is 16.3. The molecule has 1 saturated carbocycles. The van der Waals surface area contributed by atoms with Crippen LogP contribution < -0.4 is 10.1 Å². The fraction of sp³-hybridized carbons (Fsp3) is 0.425. The standard InChI is InChI=1S/C40H43ClF3N3O5/c1-2-51-36(49)11-5-10-35(48)47-29-21-30(26-14-12-25(13-15-26)7-6-20-52-39-33(43)19-18-32(42)38(39)44)37(34(47)23-45-22-29)40(50)46(28-16-17-28)24-27-8-3-4-9-31(27)41/h3-4,8-9,12-15,18-19,28-29,34,45H,2,5-7,10-11,16-17,20-24H2,1H3/t29-,34-/m1/s1. The predicted octanol–water partition coefficient (Wildman–Crippen LogP) is 7.02. The lowest BCUT2D eigenvalue weighted by atomic mass is 9.81. The van der Waals surface area contributed by atoms with E-state index in [-0.39, 0.29) is 55.9 Å². The molecule has 8 nitrogen and oxygen atoms in total. The summed E-state index contributed by atoms with van der Waals surface area (Å²) in [6.07, 6.45) is 3.90. The molecule has 3 aromatic rings. The van der Waals surface area contributed by atoms with Gasteiger partial charge in [0.25, 0.3) is 5.91 Å². The number of benzene rings is 3. The predicted molar refractivity (Wildman–Crippen MR) is 191 cm³/mol. The maximum Gasteiger partial charge on any atom is 0.305 e. The van der Waals surface area contributed by atoms with Crippen LogP contribution in [0.5, 0.6) is 5.75 Å². The Kier molecular flexibility index (Phi) is 12.2. The molecule has 2 amide bonds. The number of piperazine rings is 1. The van der Waals surface area contributed by atoms with Gasteiger partial charge >= 0.3 is 5.97 Å². The van der Waals surface area contributed by atoms with Crippen LogP contribution in [0.25, 0.3) is 5.57 Å². The molecule has 0 spiro atoms. The van der Waals surface area contributed by atoms with E-state index >= 15 is 0 Å². The van der Waals surface area contributed by atoms with Crippen molar-refractivity contribution in [3.8, 4) is 5.75 Å². The molecular weight excluding hydrogens is 695 g/mol. The van der Waals surface area contributed by atoms with Crippen molar-refractivity contribution < 1.29 is 37.0 Å². The van der Waals surface area contributed by atoms with E-state index in [1.165, 1.54) is 0 Å². The highest BCUT2D eigenvalue weighted by Crippen LogP contribution is 2.40. The first-order chi connectivity index (χ1) is 25.2. The lowest BCUT2D eigenvalue weighted by molar-refractivity contribution is -0.143. The summed E-state index contributed by atoms with van der Waals surface area (Å²) in [5.74, 6) is -4.75. The van der Waals surface area contributed by atoms with Crippen molar-refractivity contribution in [3.63, 3.8) is 0 Å². The third kappa shape index (κ3) is 8.64. The highest BCUT2D eigenvalue weighted by atomic mass is 35.5. The fourth-order valence-corrected chi connectivity index (χ4v) is 7.34. The summed E-state index contributed by atoms with van der Waals surface area (Å²) in [4.78, 5) is 44.4. The van der Waals surface area contributed by atoms with Crippen LogP contribution in [0.1, 0.15) is 68.6 Å². The van der Waals surface area contributed by atoms with Gasteiger partial charge in [-0.1, -0.05) is 54.1 Å². The van der Waals surface area contributed by atoms with E-state index in [4.69, 9.17) is 21.1 Å². The number of carbonyl (C=O) groups is 3. The molecule has 3 aromatic carbocycles. The van der Waals surface area contributed by atoms with Gasteiger partial charge < -0.3 is 24.6 Å². The van der Waals surface area contributed by atoms with Gasteiger partial charge in [0.2, 0.25) is 11.7 Å². The number of hydrogen-bond donors (Lipinski definition) is 1. The van der Waals surface area contributed by atoms with Crippen LogP contribution in [0.4, 0.5) is 13.2 Å². The molecule has 1 aliphatic carbocycles. The van der Waals surface area contributed by atoms with E-state index in [0.29, 0.717) is 55.9 Å². The molecule has 3 aliphatic rings. The number of nitrogens with zero attached hydrogens (tertiary/aromatic N) is 2. The van der Waals surface area contributed by atoms with Gasteiger partial charge in [-0.15, -0.1) is 0 Å². The number of halogens is 4. The Labute approximate surface area is 306 Å². The minimum Gasteiger partial charge on any atom is -0.488 e. The quantitative estimate of drug-likeness (QED) is 0.103. The molecule has 0 unspecified atom stereocenters. The Balaban J connectivity index is 1.25. The third-order valence-electron chi connectivity index (χ3n) is 9.85. The van der Waals surface area contributed by atoms with E-state index in [1.807, 2.05) is 58.3 Å². The van der Waals surface area contributed by atoms with Crippen LogP contribution in [0.2, 0.25) is 5.02 Å². The SMILES string of the molecule is CCOC(=O)CCCC(=O)N1[C@H]2CNC[C@@H]1C(C(=O)N(Cc1ccccc1Cl)C1CC1)=C(c1ccc(CCCOc3c(F)ccc(F)c3F)cc1)C2. The maximum absolute atomic E-state index is 14.9. The van der Waals surface area contributed by atoms with Crippen LogP contribution in [0, 0.1) is 17.5 Å². The second kappa shape index (κ2) is 17.0. The molecule has 0 radical (unpaired) electrons. The van der Waals surface area contributed by atoms with Crippen molar-refractivity contribution in [1.82, 2.24) is 15.1 Å². The maximum atomic E-state index is 14.9. The summed E-state index contributed by atoms with van der Waals surface area (Å²) in [5.41, 5.74) is 4.17. The minimum atomic E-state index is -1.35. The average molecular weight is 738 g/mol. The Hall–Kier alpha value is -4.35. The summed E-state index contributed by atoms with van der Waals surface area (Å²) in [6.45, 7) is 3.36. The number of esters is 1. The second-order valence-electron chi connectivity index (χ2n) is 13.5. The zero-order chi connectivity index (χ0) is 36.8. The Bertz CT molecular complexity index is 1820. The molecule has 1 saturated heterocycles. The van der Waals surface area contributed by atoms with Crippen molar-refractivity contribution in [1.29, 1.82) is 0 Å². The van der Waals surface area contributed by atoms with Crippen molar-refractivity contribution >= 4 is 35.0 Å². The van der Waals surface area contributed by atoms with E-state index in [9.17, 15) is 27.6 Å². The monoisotopic (exact) mass is 737 g/mol. The first kappa shape index (κ1) is 37.4.